The van der Waals surface area contributed by atoms with Gasteiger partial charge < -0.3 is 19.5 Å². The van der Waals surface area contributed by atoms with E-state index in [2.05, 4.69) is 10.3 Å². The molecule has 1 atom stereocenters. The summed E-state index contributed by atoms with van der Waals surface area (Å²) in [6, 6.07) is 11.6. The normalized spacial score (nSPS) is 16.1. The Morgan fingerprint density at radius 2 is 1.83 bits per heavy atom. The van der Waals surface area contributed by atoms with E-state index >= 15 is 0 Å². The highest BCUT2D eigenvalue weighted by Gasteiger charge is 2.30. The summed E-state index contributed by atoms with van der Waals surface area (Å²) < 4.78 is 42.9. The van der Waals surface area contributed by atoms with Crippen LogP contribution in [0.5, 0.6) is 0 Å². The molecule has 29 heavy (non-hydrogen) atoms. The summed E-state index contributed by atoms with van der Waals surface area (Å²) in [6.45, 7) is 0.0663. The van der Waals surface area contributed by atoms with E-state index in [0.29, 0.717) is 0 Å². The molecular formula is C21H20F2N2O4. The Labute approximate surface area is 166 Å². The molecule has 1 unspecified atom stereocenters. The van der Waals surface area contributed by atoms with Crippen molar-refractivity contribution in [1.29, 1.82) is 0 Å². The molecule has 0 saturated heterocycles. The first-order chi connectivity index (χ1) is 14.0. The van der Waals surface area contributed by atoms with Gasteiger partial charge in [-0.25, -0.2) is 13.6 Å². The molecule has 6 nitrogen and oxygen atoms in total. The van der Waals surface area contributed by atoms with Crippen molar-refractivity contribution in [3.63, 3.8) is 0 Å². The average molecular weight is 402 g/mol. The summed E-state index contributed by atoms with van der Waals surface area (Å²) in [4.78, 5) is 17.1. The lowest BCUT2D eigenvalue weighted by molar-refractivity contribution is -0.140. The van der Waals surface area contributed by atoms with E-state index in [-0.39, 0.29) is 23.6 Å². The second-order valence-electron chi connectivity index (χ2n) is 6.20. The fourth-order valence-corrected chi connectivity index (χ4v) is 2.84. The molecule has 1 heterocycles. The molecule has 1 N–H and O–H groups in total. The summed E-state index contributed by atoms with van der Waals surface area (Å²) in [5.74, 6) is -2.38. The van der Waals surface area contributed by atoms with Gasteiger partial charge in [0, 0.05) is 20.4 Å². The van der Waals surface area contributed by atoms with Crippen molar-refractivity contribution < 1.29 is 27.8 Å². The minimum Gasteiger partial charge on any atom is -0.457 e. The van der Waals surface area contributed by atoms with E-state index in [1.807, 2.05) is 30.3 Å². The Kier molecular flexibility index (Phi) is 6.69. The summed E-state index contributed by atoms with van der Waals surface area (Å²) in [5.41, 5.74) is 1.25. The van der Waals surface area contributed by atoms with Gasteiger partial charge in [0.05, 0.1) is 5.57 Å². The van der Waals surface area contributed by atoms with Crippen molar-refractivity contribution in [3.05, 3.63) is 83.1 Å². The van der Waals surface area contributed by atoms with E-state index in [1.54, 1.807) is 0 Å². The van der Waals surface area contributed by atoms with Crippen LogP contribution >= 0.6 is 0 Å². The Hall–Kier alpha value is -3.10. The number of halogens is 2. The molecule has 2 aromatic carbocycles. The zero-order valence-corrected chi connectivity index (χ0v) is 15.9. The van der Waals surface area contributed by atoms with Gasteiger partial charge in [0.1, 0.15) is 12.6 Å². The monoisotopic (exact) mass is 402 g/mol. The van der Waals surface area contributed by atoms with Crippen LogP contribution in [0.15, 0.2) is 65.3 Å². The molecule has 1 aliphatic rings. The molecule has 0 saturated carbocycles. The van der Waals surface area contributed by atoms with Crippen LogP contribution in [0.1, 0.15) is 17.2 Å². The maximum atomic E-state index is 13.8. The van der Waals surface area contributed by atoms with Crippen LogP contribution in [-0.4, -0.2) is 32.3 Å². The average Bonchev–Trinajstić information content (AvgIpc) is 2.75. The second kappa shape index (κ2) is 9.40. The Bertz CT molecular complexity index is 928. The summed E-state index contributed by atoms with van der Waals surface area (Å²) in [7, 11) is 2.86. The van der Waals surface area contributed by atoms with Crippen LogP contribution < -0.4 is 5.32 Å². The highest BCUT2D eigenvalue weighted by molar-refractivity contribution is 5.95. The first kappa shape index (κ1) is 20.6. The molecule has 0 aromatic heterocycles. The molecule has 0 fully saturated rings. The number of methoxy groups -OCH3 is 2. The second-order valence-corrected chi connectivity index (χ2v) is 6.20. The molecule has 0 spiro atoms. The number of esters is 1. The number of aliphatic imine (C=N–C) groups is 1. The van der Waals surface area contributed by atoms with Crippen molar-refractivity contribution in [1.82, 2.24) is 5.32 Å². The lowest BCUT2D eigenvalue weighted by Crippen LogP contribution is -2.38. The number of nitrogens with one attached hydrogen (secondary N) is 1. The maximum absolute atomic E-state index is 13.8. The van der Waals surface area contributed by atoms with Gasteiger partial charge in [-0.1, -0.05) is 36.4 Å². The van der Waals surface area contributed by atoms with Gasteiger partial charge in [0.15, 0.2) is 17.5 Å². The number of amidine groups is 1. The van der Waals surface area contributed by atoms with Crippen molar-refractivity contribution in [2.45, 2.75) is 18.9 Å². The first-order valence-electron chi connectivity index (χ1n) is 8.79. The number of rotatable bonds is 7. The fourth-order valence-electron chi connectivity index (χ4n) is 2.84. The molecule has 8 heteroatoms. The van der Waals surface area contributed by atoms with Crippen molar-refractivity contribution in [2.24, 2.45) is 4.99 Å². The third kappa shape index (κ3) is 4.85. The van der Waals surface area contributed by atoms with Crippen molar-refractivity contribution in [3.8, 4) is 0 Å². The van der Waals surface area contributed by atoms with Gasteiger partial charge in [0.25, 0.3) is 0 Å². The molecular weight excluding hydrogens is 382 g/mol. The molecule has 0 amide bonds. The first-order valence-corrected chi connectivity index (χ1v) is 8.79. The molecule has 0 aliphatic carbocycles. The third-order valence-corrected chi connectivity index (χ3v) is 4.30. The quantitative estimate of drug-likeness (QED) is 0.569. The van der Waals surface area contributed by atoms with Gasteiger partial charge in [-0.15, -0.1) is 0 Å². The number of ether oxygens (including phenoxy) is 3. The Morgan fingerprint density at radius 3 is 2.48 bits per heavy atom. The van der Waals surface area contributed by atoms with Crippen molar-refractivity contribution in [2.75, 3.05) is 14.2 Å². The standard InChI is InChI=1S/C21H20F2N2O4/c1-27-21(28-2)19-24-11-15(20(26)29-12-13-6-4-3-5-7-13)18(25-19)14-8-9-16(22)17(23)10-14/h3-11,18,21H,12H2,1-2H3,(H,24,25). The predicted molar refractivity (Wildman–Crippen MR) is 102 cm³/mol. The highest BCUT2D eigenvalue weighted by atomic mass is 19.2. The SMILES string of the molecule is COC(OC)C1=NC(c2ccc(F)c(F)c2)C(C(=O)OCc2ccccc2)=CN1. The van der Waals surface area contributed by atoms with Crippen LogP contribution in [0.4, 0.5) is 8.78 Å². The van der Waals surface area contributed by atoms with E-state index in [4.69, 9.17) is 14.2 Å². The van der Waals surface area contributed by atoms with Gasteiger partial charge >= 0.3 is 5.97 Å². The van der Waals surface area contributed by atoms with Gasteiger partial charge in [-0.2, -0.15) is 0 Å². The summed E-state index contributed by atoms with van der Waals surface area (Å²) >= 11 is 0. The Balaban J connectivity index is 1.87. The third-order valence-electron chi connectivity index (χ3n) is 4.30. The number of carbonyl (C=O) groups is 1. The van der Waals surface area contributed by atoms with Crippen LogP contribution in [0.3, 0.4) is 0 Å². The highest BCUT2D eigenvalue weighted by Crippen LogP contribution is 2.30. The number of hydrogen-bond acceptors (Lipinski definition) is 6. The van der Waals surface area contributed by atoms with Crippen LogP contribution in [0.25, 0.3) is 0 Å². The molecule has 3 rings (SSSR count). The van der Waals surface area contributed by atoms with Gasteiger partial charge in [-0.05, 0) is 23.3 Å². The fraction of sp³-hybridized carbons (Fsp3) is 0.238. The van der Waals surface area contributed by atoms with Crippen LogP contribution in [0, 0.1) is 11.6 Å². The molecule has 0 radical (unpaired) electrons. The number of carbonyl (C=O) groups excluding carboxylic acids is 1. The van der Waals surface area contributed by atoms with E-state index in [1.165, 1.54) is 26.5 Å². The van der Waals surface area contributed by atoms with E-state index in [0.717, 1.165) is 17.7 Å². The lowest BCUT2D eigenvalue weighted by atomic mass is 9.98. The smallest absolute Gasteiger partial charge is 0.338 e. The van der Waals surface area contributed by atoms with Crippen molar-refractivity contribution >= 4 is 11.8 Å². The minimum absolute atomic E-state index is 0.0663. The maximum Gasteiger partial charge on any atom is 0.338 e. The largest absolute Gasteiger partial charge is 0.457 e. The van der Waals surface area contributed by atoms with Crippen LogP contribution in [0.2, 0.25) is 0 Å². The topological polar surface area (TPSA) is 69.2 Å². The number of nitrogens with zero attached hydrogens (tertiary/aromatic N) is 1. The number of benzene rings is 2. The zero-order valence-electron chi connectivity index (χ0n) is 15.9. The zero-order chi connectivity index (χ0) is 20.8. The number of hydrogen-bond donors (Lipinski definition) is 1. The lowest BCUT2D eigenvalue weighted by Gasteiger charge is -2.25. The van der Waals surface area contributed by atoms with Gasteiger partial charge in [-0.3, -0.25) is 4.99 Å². The van der Waals surface area contributed by atoms with E-state index in [9.17, 15) is 13.6 Å². The summed E-state index contributed by atoms with van der Waals surface area (Å²) in [5, 5.41) is 2.85. The minimum atomic E-state index is -1.04. The molecule has 2 aromatic rings. The van der Waals surface area contributed by atoms with E-state index < -0.39 is 29.9 Å². The van der Waals surface area contributed by atoms with Gasteiger partial charge in [0.2, 0.25) is 6.29 Å². The molecule has 152 valence electrons. The molecule has 0 bridgehead atoms. The Morgan fingerprint density at radius 1 is 1.10 bits per heavy atom. The predicted octanol–water partition coefficient (Wildman–Crippen LogP) is 3.25. The van der Waals surface area contributed by atoms with Crippen LogP contribution in [-0.2, 0) is 25.6 Å². The molecule has 1 aliphatic heterocycles. The summed E-state index contributed by atoms with van der Waals surface area (Å²) in [6.07, 6.45) is 0.591.